The van der Waals surface area contributed by atoms with Crippen LogP contribution < -0.4 is 5.32 Å². The number of nitro groups is 1. The molecule has 2 rings (SSSR count). The predicted octanol–water partition coefficient (Wildman–Crippen LogP) is 3.09. The molecule has 7 heteroatoms. The van der Waals surface area contributed by atoms with Gasteiger partial charge in [-0.1, -0.05) is 0 Å². The normalized spacial score (nSPS) is 23.1. The molecule has 0 bridgehead atoms. The minimum Gasteiger partial charge on any atom is -0.379 e. The zero-order valence-corrected chi connectivity index (χ0v) is 11.3. The lowest BCUT2D eigenvalue weighted by Gasteiger charge is -2.24. The summed E-state index contributed by atoms with van der Waals surface area (Å²) < 4.78 is 18.8. The average molecular weight is 319 g/mol. The second kappa shape index (κ2) is 4.81. The minimum absolute atomic E-state index is 0.0765. The SMILES string of the molecule is CC1(Nc2cc(F)c(Br)cc2[N+](=O)[O-])CCOC1. The van der Waals surface area contributed by atoms with Crippen LogP contribution >= 0.6 is 15.9 Å². The maximum Gasteiger partial charge on any atom is 0.293 e. The van der Waals surface area contributed by atoms with Crippen LogP contribution in [0.15, 0.2) is 16.6 Å². The van der Waals surface area contributed by atoms with Crippen LogP contribution in [0.4, 0.5) is 15.8 Å². The van der Waals surface area contributed by atoms with Crippen LogP contribution in [0.1, 0.15) is 13.3 Å². The first kappa shape index (κ1) is 13.2. The smallest absolute Gasteiger partial charge is 0.293 e. The van der Waals surface area contributed by atoms with Crippen molar-refractivity contribution in [3.8, 4) is 0 Å². The van der Waals surface area contributed by atoms with Gasteiger partial charge in [0.15, 0.2) is 0 Å². The van der Waals surface area contributed by atoms with E-state index in [0.717, 1.165) is 18.6 Å². The van der Waals surface area contributed by atoms with E-state index in [1.807, 2.05) is 6.92 Å². The largest absolute Gasteiger partial charge is 0.379 e. The Bertz CT molecular complexity index is 489. The zero-order valence-electron chi connectivity index (χ0n) is 9.70. The van der Waals surface area contributed by atoms with E-state index in [-0.39, 0.29) is 15.8 Å². The number of anilines is 1. The van der Waals surface area contributed by atoms with Crippen LogP contribution in [-0.2, 0) is 4.74 Å². The number of ether oxygens (including phenoxy) is 1. The van der Waals surface area contributed by atoms with Crippen LogP contribution in [0.5, 0.6) is 0 Å². The standard InChI is InChI=1S/C11H12BrFN2O3/c1-11(2-3-18-6-11)14-9-5-8(13)7(12)4-10(9)15(16)17/h4-5,14H,2-3,6H2,1H3. The van der Waals surface area contributed by atoms with Gasteiger partial charge in [0.2, 0.25) is 0 Å². The minimum atomic E-state index is -0.536. The molecule has 1 unspecified atom stereocenters. The van der Waals surface area contributed by atoms with E-state index in [0.29, 0.717) is 13.2 Å². The molecule has 0 aliphatic carbocycles. The maximum absolute atomic E-state index is 13.5. The van der Waals surface area contributed by atoms with Crippen molar-refractivity contribution in [3.63, 3.8) is 0 Å². The van der Waals surface area contributed by atoms with Crippen molar-refractivity contribution in [1.82, 2.24) is 0 Å². The third-order valence-corrected chi connectivity index (χ3v) is 3.50. The van der Waals surface area contributed by atoms with Gasteiger partial charge >= 0.3 is 0 Å². The van der Waals surface area contributed by atoms with Gasteiger partial charge in [0.25, 0.3) is 5.69 Å². The van der Waals surface area contributed by atoms with Crippen molar-refractivity contribution in [2.45, 2.75) is 18.9 Å². The Labute approximate surface area is 112 Å². The second-order valence-corrected chi connectivity index (χ2v) is 5.38. The first-order valence-electron chi connectivity index (χ1n) is 5.41. The first-order chi connectivity index (χ1) is 8.41. The number of nitrogens with one attached hydrogen (secondary N) is 1. The van der Waals surface area contributed by atoms with Gasteiger partial charge in [-0.2, -0.15) is 0 Å². The Hall–Kier alpha value is -1.21. The van der Waals surface area contributed by atoms with Gasteiger partial charge in [-0.25, -0.2) is 4.39 Å². The Morgan fingerprint density at radius 2 is 2.33 bits per heavy atom. The highest BCUT2D eigenvalue weighted by atomic mass is 79.9. The highest BCUT2D eigenvalue weighted by Crippen LogP contribution is 2.34. The molecule has 1 N–H and O–H groups in total. The van der Waals surface area contributed by atoms with Crippen LogP contribution in [-0.4, -0.2) is 23.7 Å². The van der Waals surface area contributed by atoms with E-state index >= 15 is 0 Å². The van der Waals surface area contributed by atoms with Crippen molar-refractivity contribution in [3.05, 3.63) is 32.5 Å². The summed E-state index contributed by atoms with van der Waals surface area (Å²) in [5.74, 6) is -0.536. The molecular formula is C11H12BrFN2O3. The first-order valence-corrected chi connectivity index (χ1v) is 6.20. The summed E-state index contributed by atoms with van der Waals surface area (Å²) >= 11 is 2.94. The van der Waals surface area contributed by atoms with Crippen LogP contribution in [0, 0.1) is 15.9 Å². The van der Waals surface area contributed by atoms with Gasteiger partial charge in [-0.15, -0.1) is 0 Å². The zero-order chi connectivity index (χ0) is 13.3. The van der Waals surface area contributed by atoms with E-state index in [1.54, 1.807) is 0 Å². The summed E-state index contributed by atoms with van der Waals surface area (Å²) in [5, 5.41) is 14.0. The number of hydrogen-bond donors (Lipinski definition) is 1. The lowest BCUT2D eigenvalue weighted by Crippen LogP contribution is -2.35. The molecule has 1 fully saturated rings. The molecular weight excluding hydrogens is 307 g/mol. The van der Waals surface area contributed by atoms with Gasteiger partial charge in [-0.05, 0) is 29.3 Å². The Balaban J connectivity index is 2.36. The molecule has 1 aliphatic heterocycles. The lowest BCUT2D eigenvalue weighted by atomic mass is 10.0. The molecule has 0 saturated carbocycles. The summed E-state index contributed by atoms with van der Waals surface area (Å²) in [6, 6.07) is 2.29. The Morgan fingerprint density at radius 1 is 1.61 bits per heavy atom. The molecule has 1 atom stereocenters. The van der Waals surface area contributed by atoms with Gasteiger partial charge in [0.05, 0.1) is 21.5 Å². The number of hydrogen-bond acceptors (Lipinski definition) is 4. The third-order valence-electron chi connectivity index (χ3n) is 2.89. The van der Waals surface area contributed by atoms with E-state index < -0.39 is 16.3 Å². The van der Waals surface area contributed by atoms with Crippen molar-refractivity contribution in [2.24, 2.45) is 0 Å². The van der Waals surface area contributed by atoms with Crippen molar-refractivity contribution in [1.29, 1.82) is 0 Å². The molecule has 0 radical (unpaired) electrons. The third kappa shape index (κ3) is 2.62. The fourth-order valence-electron chi connectivity index (χ4n) is 1.88. The molecule has 1 saturated heterocycles. The molecule has 0 aromatic heterocycles. The number of halogens is 2. The van der Waals surface area contributed by atoms with Crippen molar-refractivity contribution < 1.29 is 14.1 Å². The molecule has 1 heterocycles. The molecule has 0 amide bonds. The van der Waals surface area contributed by atoms with E-state index in [2.05, 4.69) is 21.2 Å². The second-order valence-electron chi connectivity index (χ2n) is 4.53. The molecule has 98 valence electrons. The number of nitrogens with zero attached hydrogens (tertiary/aromatic N) is 1. The van der Waals surface area contributed by atoms with E-state index in [9.17, 15) is 14.5 Å². The number of rotatable bonds is 3. The lowest BCUT2D eigenvalue weighted by molar-refractivity contribution is -0.384. The molecule has 1 aliphatic rings. The van der Waals surface area contributed by atoms with Crippen molar-refractivity contribution >= 4 is 27.3 Å². The van der Waals surface area contributed by atoms with Crippen LogP contribution in [0.3, 0.4) is 0 Å². The topological polar surface area (TPSA) is 64.4 Å². The molecule has 5 nitrogen and oxygen atoms in total. The predicted molar refractivity (Wildman–Crippen MR) is 68.2 cm³/mol. The monoisotopic (exact) mass is 318 g/mol. The van der Waals surface area contributed by atoms with Crippen molar-refractivity contribution in [2.75, 3.05) is 18.5 Å². The maximum atomic E-state index is 13.5. The van der Waals surface area contributed by atoms with E-state index in [4.69, 9.17) is 4.74 Å². The fourth-order valence-corrected chi connectivity index (χ4v) is 2.21. The summed E-state index contributed by atoms with van der Waals surface area (Å²) in [7, 11) is 0. The molecule has 18 heavy (non-hydrogen) atoms. The van der Waals surface area contributed by atoms with Gasteiger partial charge in [0.1, 0.15) is 11.5 Å². The van der Waals surface area contributed by atoms with Crippen LogP contribution in [0.2, 0.25) is 0 Å². The summed E-state index contributed by atoms with van der Waals surface area (Å²) in [6.07, 6.45) is 0.724. The molecule has 1 aromatic rings. The number of nitro benzene ring substituents is 1. The van der Waals surface area contributed by atoms with Gasteiger partial charge in [-0.3, -0.25) is 10.1 Å². The fraction of sp³-hybridized carbons (Fsp3) is 0.455. The van der Waals surface area contributed by atoms with E-state index in [1.165, 1.54) is 0 Å². The summed E-state index contributed by atoms with van der Waals surface area (Å²) in [6.45, 7) is 2.93. The summed E-state index contributed by atoms with van der Waals surface area (Å²) in [5.41, 5.74) is -0.379. The average Bonchev–Trinajstić information content (AvgIpc) is 2.69. The Kier molecular flexibility index (Phi) is 3.54. The van der Waals surface area contributed by atoms with Gasteiger partial charge < -0.3 is 10.1 Å². The summed E-state index contributed by atoms with van der Waals surface area (Å²) in [4.78, 5) is 10.4. The number of benzene rings is 1. The molecule has 0 spiro atoms. The molecule has 1 aromatic carbocycles. The highest BCUT2D eigenvalue weighted by molar-refractivity contribution is 9.10. The highest BCUT2D eigenvalue weighted by Gasteiger charge is 2.32. The van der Waals surface area contributed by atoms with Gasteiger partial charge in [0, 0.05) is 18.7 Å². The quantitative estimate of drug-likeness (QED) is 0.687. The Morgan fingerprint density at radius 3 is 2.89 bits per heavy atom. The van der Waals surface area contributed by atoms with Crippen LogP contribution in [0.25, 0.3) is 0 Å².